The van der Waals surface area contributed by atoms with E-state index in [1.54, 1.807) is 31.4 Å². The van der Waals surface area contributed by atoms with Crippen LogP contribution in [-0.4, -0.2) is 28.1 Å². The number of benzene rings is 2. The lowest BCUT2D eigenvalue weighted by molar-refractivity contribution is -0.384. The normalized spacial score (nSPS) is 10.3. The Balaban J connectivity index is 1.74. The van der Waals surface area contributed by atoms with Gasteiger partial charge in [0.05, 0.1) is 12.0 Å². The summed E-state index contributed by atoms with van der Waals surface area (Å²) in [7, 11) is 1.54. The fraction of sp³-hybridized carbons (Fsp3) is 0.0625. The van der Waals surface area contributed by atoms with Crippen molar-refractivity contribution in [3.63, 3.8) is 0 Å². The van der Waals surface area contributed by atoms with Crippen molar-refractivity contribution in [2.45, 2.75) is 0 Å². The molecule has 3 aromatic rings. The number of nitro benzene ring substituents is 1. The minimum absolute atomic E-state index is 0.0822. The lowest BCUT2D eigenvalue weighted by Crippen LogP contribution is -2.12. The summed E-state index contributed by atoms with van der Waals surface area (Å²) in [4.78, 5) is 22.2. The zero-order valence-corrected chi connectivity index (χ0v) is 13.0. The van der Waals surface area contributed by atoms with E-state index in [0.29, 0.717) is 11.3 Å². The highest BCUT2D eigenvalue weighted by Crippen LogP contribution is 2.24. The van der Waals surface area contributed by atoms with Crippen LogP contribution in [0.2, 0.25) is 0 Å². The van der Waals surface area contributed by atoms with Crippen molar-refractivity contribution in [3.05, 3.63) is 64.2 Å². The first-order chi connectivity index (χ1) is 12.1. The lowest BCUT2D eigenvalue weighted by atomic mass is 10.2. The second kappa shape index (κ2) is 6.79. The number of anilines is 1. The molecule has 0 unspecified atom stereocenters. The highest BCUT2D eigenvalue weighted by atomic mass is 16.6. The molecule has 9 heteroatoms. The van der Waals surface area contributed by atoms with Gasteiger partial charge < -0.3 is 9.15 Å². The Kier molecular flexibility index (Phi) is 4.38. The molecule has 0 atom stereocenters. The van der Waals surface area contributed by atoms with Gasteiger partial charge in [0.1, 0.15) is 5.75 Å². The quantitative estimate of drug-likeness (QED) is 0.560. The number of aromatic nitrogens is 2. The molecule has 2 aromatic carbocycles. The summed E-state index contributed by atoms with van der Waals surface area (Å²) < 4.78 is 10.5. The highest BCUT2D eigenvalue weighted by Gasteiger charge is 2.14. The predicted octanol–water partition coefficient (Wildman–Crippen LogP) is 2.91. The SMILES string of the molecule is COc1cccc(-c2nnc(NC(=O)c3ccc([N+](=O)[O-])cc3)o2)c1. The maximum atomic E-state index is 12.1. The first-order valence-corrected chi connectivity index (χ1v) is 7.10. The molecular formula is C16H12N4O5. The second-order valence-electron chi connectivity index (χ2n) is 4.90. The molecule has 0 fully saturated rings. The standard InChI is InChI=1S/C16H12N4O5/c1-24-13-4-2-3-11(9-13)15-18-19-16(25-15)17-14(21)10-5-7-12(8-6-10)20(22)23/h2-9H,1H3,(H,17,19,21). The van der Waals surface area contributed by atoms with Gasteiger partial charge in [0.25, 0.3) is 11.6 Å². The van der Waals surface area contributed by atoms with Crippen LogP contribution in [0.3, 0.4) is 0 Å². The van der Waals surface area contributed by atoms with E-state index in [-0.39, 0.29) is 23.2 Å². The number of hydrogen-bond acceptors (Lipinski definition) is 7. The predicted molar refractivity (Wildman–Crippen MR) is 87.3 cm³/mol. The molecule has 126 valence electrons. The maximum absolute atomic E-state index is 12.1. The van der Waals surface area contributed by atoms with E-state index in [1.165, 1.54) is 24.3 Å². The van der Waals surface area contributed by atoms with Crippen molar-refractivity contribution in [3.8, 4) is 17.2 Å². The van der Waals surface area contributed by atoms with Crippen molar-refractivity contribution in [2.24, 2.45) is 0 Å². The topological polar surface area (TPSA) is 120 Å². The van der Waals surface area contributed by atoms with E-state index in [9.17, 15) is 14.9 Å². The van der Waals surface area contributed by atoms with E-state index in [0.717, 1.165) is 0 Å². The van der Waals surface area contributed by atoms with Gasteiger partial charge in [-0.05, 0) is 30.3 Å². The molecule has 1 N–H and O–H groups in total. The van der Waals surface area contributed by atoms with Crippen LogP contribution in [0.5, 0.6) is 5.75 Å². The van der Waals surface area contributed by atoms with Gasteiger partial charge in [0.2, 0.25) is 5.89 Å². The van der Waals surface area contributed by atoms with Crippen LogP contribution in [0.25, 0.3) is 11.5 Å². The second-order valence-corrected chi connectivity index (χ2v) is 4.90. The van der Waals surface area contributed by atoms with Crippen LogP contribution < -0.4 is 10.1 Å². The number of methoxy groups -OCH3 is 1. The van der Waals surface area contributed by atoms with Gasteiger partial charge >= 0.3 is 6.01 Å². The highest BCUT2D eigenvalue weighted by molar-refractivity contribution is 6.03. The summed E-state index contributed by atoms with van der Waals surface area (Å²) in [6.07, 6.45) is 0. The third kappa shape index (κ3) is 3.61. The van der Waals surface area contributed by atoms with Crippen LogP contribution in [0.15, 0.2) is 52.9 Å². The number of non-ortho nitro benzene ring substituents is 1. The van der Waals surface area contributed by atoms with Crippen molar-refractivity contribution < 1.29 is 18.9 Å². The average Bonchev–Trinajstić information content (AvgIpc) is 3.10. The summed E-state index contributed by atoms with van der Waals surface area (Å²) in [5.74, 6) is 0.334. The summed E-state index contributed by atoms with van der Waals surface area (Å²) in [5, 5.41) is 20.7. The number of carbonyl (C=O) groups is 1. The van der Waals surface area contributed by atoms with E-state index in [4.69, 9.17) is 9.15 Å². The lowest BCUT2D eigenvalue weighted by Gasteiger charge is -2.01. The first kappa shape index (κ1) is 16.1. The third-order valence-electron chi connectivity index (χ3n) is 3.30. The summed E-state index contributed by atoms with van der Waals surface area (Å²) >= 11 is 0. The van der Waals surface area contributed by atoms with Gasteiger partial charge in [-0.25, -0.2) is 0 Å². The molecule has 3 rings (SSSR count). The van der Waals surface area contributed by atoms with E-state index < -0.39 is 10.8 Å². The molecule has 9 nitrogen and oxygen atoms in total. The van der Waals surface area contributed by atoms with Crippen molar-refractivity contribution in [1.29, 1.82) is 0 Å². The minimum atomic E-state index is -0.542. The summed E-state index contributed by atoms with van der Waals surface area (Å²) in [6, 6.07) is 12.1. The fourth-order valence-electron chi connectivity index (χ4n) is 2.05. The molecule has 1 amide bonds. The molecule has 0 spiro atoms. The number of amides is 1. The van der Waals surface area contributed by atoms with Crippen LogP contribution in [0, 0.1) is 10.1 Å². The number of ether oxygens (including phenoxy) is 1. The molecule has 0 aliphatic carbocycles. The Bertz CT molecular complexity index is 920. The number of nitrogens with zero attached hydrogens (tertiary/aromatic N) is 3. The number of carbonyl (C=O) groups excluding carboxylic acids is 1. The molecule has 0 saturated carbocycles. The zero-order chi connectivity index (χ0) is 17.8. The van der Waals surface area contributed by atoms with Crippen LogP contribution in [-0.2, 0) is 0 Å². The summed E-state index contributed by atoms with van der Waals surface area (Å²) in [5.41, 5.74) is 0.768. The van der Waals surface area contributed by atoms with Gasteiger partial charge in [-0.15, -0.1) is 5.10 Å². The molecule has 1 aromatic heterocycles. The maximum Gasteiger partial charge on any atom is 0.322 e. The number of nitro groups is 1. The fourth-order valence-corrected chi connectivity index (χ4v) is 2.05. The van der Waals surface area contributed by atoms with Crippen molar-refractivity contribution in [1.82, 2.24) is 10.2 Å². The Morgan fingerprint density at radius 3 is 2.64 bits per heavy atom. The van der Waals surface area contributed by atoms with Crippen molar-refractivity contribution >= 4 is 17.6 Å². The molecule has 25 heavy (non-hydrogen) atoms. The smallest absolute Gasteiger partial charge is 0.322 e. The number of hydrogen-bond donors (Lipinski definition) is 1. The summed E-state index contributed by atoms with van der Waals surface area (Å²) in [6.45, 7) is 0. The Morgan fingerprint density at radius 1 is 1.20 bits per heavy atom. The molecule has 1 heterocycles. The minimum Gasteiger partial charge on any atom is -0.497 e. The molecule has 0 radical (unpaired) electrons. The molecule has 0 saturated heterocycles. The zero-order valence-electron chi connectivity index (χ0n) is 13.0. The van der Waals surface area contributed by atoms with Crippen molar-refractivity contribution in [2.75, 3.05) is 12.4 Å². The van der Waals surface area contributed by atoms with Gasteiger partial charge in [-0.3, -0.25) is 20.2 Å². The monoisotopic (exact) mass is 340 g/mol. The molecular weight excluding hydrogens is 328 g/mol. The Hall–Kier alpha value is -3.75. The van der Waals surface area contributed by atoms with E-state index in [1.807, 2.05) is 0 Å². The van der Waals surface area contributed by atoms with Gasteiger partial charge in [-0.2, -0.15) is 0 Å². The number of nitrogens with one attached hydrogen (secondary N) is 1. The van der Waals surface area contributed by atoms with Gasteiger partial charge in [0, 0.05) is 23.3 Å². The Labute approximate surface area is 141 Å². The molecule has 0 aliphatic rings. The largest absolute Gasteiger partial charge is 0.497 e. The van der Waals surface area contributed by atoms with Gasteiger partial charge in [-0.1, -0.05) is 11.2 Å². The first-order valence-electron chi connectivity index (χ1n) is 7.10. The van der Waals surface area contributed by atoms with Crippen LogP contribution >= 0.6 is 0 Å². The average molecular weight is 340 g/mol. The van der Waals surface area contributed by atoms with E-state index in [2.05, 4.69) is 15.5 Å². The number of rotatable bonds is 5. The van der Waals surface area contributed by atoms with E-state index >= 15 is 0 Å². The van der Waals surface area contributed by atoms with Crippen LogP contribution in [0.4, 0.5) is 11.7 Å². The van der Waals surface area contributed by atoms with Crippen LogP contribution in [0.1, 0.15) is 10.4 Å². The Morgan fingerprint density at radius 2 is 1.96 bits per heavy atom. The van der Waals surface area contributed by atoms with Gasteiger partial charge in [0.15, 0.2) is 0 Å². The molecule has 0 aliphatic heterocycles. The molecule has 0 bridgehead atoms. The third-order valence-corrected chi connectivity index (χ3v) is 3.30.